The van der Waals surface area contributed by atoms with Gasteiger partial charge in [-0.2, -0.15) is 0 Å². The normalized spacial score (nSPS) is 11.8. The van der Waals surface area contributed by atoms with Gasteiger partial charge in [0.15, 0.2) is 0 Å². The summed E-state index contributed by atoms with van der Waals surface area (Å²) in [6, 6.07) is 0. The van der Waals surface area contributed by atoms with Crippen molar-refractivity contribution >= 4 is 10.0 Å². The zero-order valence-electron chi connectivity index (χ0n) is 10.7. The Bertz CT molecular complexity index is 404. The van der Waals surface area contributed by atoms with Gasteiger partial charge in [0, 0.05) is 12.7 Å². The molecule has 1 heterocycles. The number of hydrogen-bond donors (Lipinski definition) is 2. The van der Waals surface area contributed by atoms with Crippen molar-refractivity contribution in [3.8, 4) is 0 Å². The summed E-state index contributed by atoms with van der Waals surface area (Å²) in [5, 5.41) is 10.6. The summed E-state index contributed by atoms with van der Waals surface area (Å²) in [5.41, 5.74) is 0. The van der Waals surface area contributed by atoms with E-state index in [0.29, 0.717) is 19.5 Å². The highest BCUT2D eigenvalue weighted by Gasteiger charge is 2.08. The average Bonchev–Trinajstić information content (AvgIpc) is 2.81. The van der Waals surface area contributed by atoms with Gasteiger partial charge >= 0.3 is 0 Å². The Morgan fingerprint density at radius 2 is 2.11 bits per heavy atom. The summed E-state index contributed by atoms with van der Waals surface area (Å²) < 4.78 is 27.3. The van der Waals surface area contributed by atoms with Gasteiger partial charge in [0.1, 0.15) is 0 Å². The molecule has 1 aromatic rings. The molecule has 8 heteroatoms. The van der Waals surface area contributed by atoms with Gasteiger partial charge in [-0.25, -0.2) is 13.1 Å². The predicted octanol–water partition coefficient (Wildman–Crippen LogP) is -0.413. The second-order valence-electron chi connectivity index (χ2n) is 3.98. The molecule has 7 nitrogen and oxygen atoms in total. The summed E-state index contributed by atoms with van der Waals surface area (Å²) in [4.78, 5) is 0. The molecule has 1 rings (SSSR count). The molecule has 104 valence electrons. The molecule has 0 aliphatic rings. The fourth-order valence-electron chi connectivity index (χ4n) is 1.43. The molecule has 0 spiro atoms. The van der Waals surface area contributed by atoms with E-state index in [9.17, 15) is 8.42 Å². The molecule has 18 heavy (non-hydrogen) atoms. The third-order valence-corrected chi connectivity index (χ3v) is 3.80. The van der Waals surface area contributed by atoms with Gasteiger partial charge in [-0.15, -0.1) is 5.10 Å². The van der Waals surface area contributed by atoms with Gasteiger partial charge in [0.05, 0.1) is 18.5 Å². The molecule has 0 aliphatic heterocycles. The average molecular weight is 275 g/mol. The van der Waals surface area contributed by atoms with Crippen molar-refractivity contribution in [2.75, 3.05) is 25.4 Å². The van der Waals surface area contributed by atoms with Crippen molar-refractivity contribution in [1.82, 2.24) is 25.0 Å². The van der Waals surface area contributed by atoms with Crippen LogP contribution in [-0.2, 0) is 16.6 Å². The Labute approximate surface area is 108 Å². The third kappa shape index (κ3) is 6.67. The molecular weight excluding hydrogens is 254 g/mol. The van der Waals surface area contributed by atoms with E-state index in [1.807, 2.05) is 0 Å². The van der Waals surface area contributed by atoms with Gasteiger partial charge in [0.25, 0.3) is 0 Å². The third-order valence-electron chi connectivity index (χ3n) is 2.33. The van der Waals surface area contributed by atoms with Crippen molar-refractivity contribution in [2.45, 2.75) is 26.3 Å². The van der Waals surface area contributed by atoms with Gasteiger partial charge in [0.2, 0.25) is 10.0 Å². The maximum Gasteiger partial charge on any atom is 0.211 e. The Balaban J connectivity index is 2.11. The van der Waals surface area contributed by atoms with Gasteiger partial charge in [-0.1, -0.05) is 12.1 Å². The van der Waals surface area contributed by atoms with Crippen LogP contribution in [0, 0.1) is 0 Å². The Morgan fingerprint density at radius 3 is 2.78 bits per heavy atom. The lowest BCUT2D eigenvalue weighted by Gasteiger charge is -2.07. The Kier molecular flexibility index (Phi) is 6.84. The van der Waals surface area contributed by atoms with Crippen LogP contribution in [-0.4, -0.2) is 48.8 Å². The molecule has 0 saturated carbocycles. The maximum absolute atomic E-state index is 11.6. The Hall–Kier alpha value is -0.990. The molecule has 0 saturated heterocycles. The summed E-state index contributed by atoms with van der Waals surface area (Å²) in [7, 11) is -3.17. The molecule has 0 fully saturated rings. The first-order valence-electron chi connectivity index (χ1n) is 6.16. The van der Waals surface area contributed by atoms with Crippen LogP contribution in [0.15, 0.2) is 12.4 Å². The first-order valence-corrected chi connectivity index (χ1v) is 7.81. The van der Waals surface area contributed by atoms with Crippen molar-refractivity contribution in [2.24, 2.45) is 0 Å². The molecule has 0 unspecified atom stereocenters. The van der Waals surface area contributed by atoms with E-state index in [4.69, 9.17) is 0 Å². The van der Waals surface area contributed by atoms with Gasteiger partial charge < -0.3 is 5.32 Å². The molecule has 2 N–H and O–H groups in total. The van der Waals surface area contributed by atoms with Crippen molar-refractivity contribution in [1.29, 1.82) is 0 Å². The van der Waals surface area contributed by atoms with E-state index < -0.39 is 10.0 Å². The maximum atomic E-state index is 11.6. The lowest BCUT2D eigenvalue weighted by Crippen LogP contribution is -2.31. The van der Waals surface area contributed by atoms with E-state index in [0.717, 1.165) is 19.5 Å². The van der Waals surface area contributed by atoms with Crippen LogP contribution in [0.25, 0.3) is 0 Å². The van der Waals surface area contributed by atoms with Crippen LogP contribution < -0.4 is 10.0 Å². The Morgan fingerprint density at radius 1 is 1.28 bits per heavy atom. The molecule has 0 aliphatic carbocycles. The fourth-order valence-corrected chi connectivity index (χ4v) is 2.50. The zero-order valence-corrected chi connectivity index (χ0v) is 11.5. The highest BCUT2D eigenvalue weighted by Crippen LogP contribution is 1.89. The topological polar surface area (TPSA) is 88.9 Å². The minimum atomic E-state index is -3.17. The van der Waals surface area contributed by atoms with Crippen LogP contribution in [0.3, 0.4) is 0 Å². The smallest absolute Gasteiger partial charge is 0.211 e. The molecule has 0 atom stereocenters. The minimum Gasteiger partial charge on any atom is -0.317 e. The van der Waals surface area contributed by atoms with Crippen molar-refractivity contribution in [3.63, 3.8) is 0 Å². The van der Waals surface area contributed by atoms with Crippen molar-refractivity contribution in [3.05, 3.63) is 12.4 Å². The van der Waals surface area contributed by atoms with E-state index in [1.54, 1.807) is 17.1 Å². The highest BCUT2D eigenvalue weighted by atomic mass is 32.2. The van der Waals surface area contributed by atoms with Crippen LogP contribution in [0.5, 0.6) is 0 Å². The quantitative estimate of drug-likeness (QED) is 0.567. The standard InChI is InChI=1S/C10H21N5O2S/c1-2-4-11-5-3-10-18(16,17)13-7-9-15-8-6-12-14-15/h6,8,11,13H,2-5,7,9-10H2,1H3. The number of aromatic nitrogens is 3. The molecule has 0 aromatic carbocycles. The number of sulfonamides is 1. The second-order valence-corrected chi connectivity index (χ2v) is 5.91. The largest absolute Gasteiger partial charge is 0.317 e. The minimum absolute atomic E-state index is 0.154. The van der Waals surface area contributed by atoms with Crippen LogP contribution in [0.2, 0.25) is 0 Å². The second kappa shape index (κ2) is 8.17. The highest BCUT2D eigenvalue weighted by molar-refractivity contribution is 7.89. The number of nitrogens with zero attached hydrogens (tertiary/aromatic N) is 3. The molecular formula is C10H21N5O2S. The van der Waals surface area contributed by atoms with E-state index in [1.165, 1.54) is 0 Å². The molecule has 1 aromatic heterocycles. The lowest BCUT2D eigenvalue weighted by molar-refractivity contribution is 0.549. The van der Waals surface area contributed by atoms with E-state index in [2.05, 4.69) is 27.3 Å². The summed E-state index contributed by atoms with van der Waals surface area (Å²) in [6.45, 7) is 4.58. The number of hydrogen-bond acceptors (Lipinski definition) is 5. The van der Waals surface area contributed by atoms with Crippen LogP contribution in [0.4, 0.5) is 0 Å². The summed E-state index contributed by atoms with van der Waals surface area (Å²) in [6.07, 6.45) is 4.94. The zero-order chi connectivity index (χ0) is 13.3. The summed E-state index contributed by atoms with van der Waals surface area (Å²) >= 11 is 0. The van der Waals surface area contributed by atoms with E-state index >= 15 is 0 Å². The lowest BCUT2D eigenvalue weighted by atomic mass is 10.4. The monoisotopic (exact) mass is 275 g/mol. The molecule has 0 amide bonds. The van der Waals surface area contributed by atoms with Gasteiger partial charge in [-0.05, 0) is 25.9 Å². The van der Waals surface area contributed by atoms with E-state index in [-0.39, 0.29) is 5.75 Å². The SMILES string of the molecule is CCCNCCCS(=O)(=O)NCCn1ccnn1. The summed E-state index contributed by atoms with van der Waals surface area (Å²) in [5.74, 6) is 0.154. The van der Waals surface area contributed by atoms with Crippen molar-refractivity contribution < 1.29 is 8.42 Å². The molecule has 0 radical (unpaired) electrons. The first-order chi connectivity index (χ1) is 8.64. The number of rotatable bonds is 10. The van der Waals surface area contributed by atoms with Crippen LogP contribution >= 0.6 is 0 Å². The first kappa shape index (κ1) is 15.1. The fraction of sp³-hybridized carbons (Fsp3) is 0.800. The van der Waals surface area contributed by atoms with Gasteiger partial charge in [-0.3, -0.25) is 4.68 Å². The van der Waals surface area contributed by atoms with Crippen LogP contribution in [0.1, 0.15) is 19.8 Å². The number of nitrogens with one attached hydrogen (secondary N) is 2. The predicted molar refractivity (Wildman–Crippen MR) is 69.6 cm³/mol. The molecule has 0 bridgehead atoms.